The van der Waals surface area contributed by atoms with Gasteiger partial charge in [0.05, 0.1) is 11.3 Å². The first-order chi connectivity index (χ1) is 17.2. The van der Waals surface area contributed by atoms with Gasteiger partial charge in [-0.3, -0.25) is 14.8 Å². The van der Waals surface area contributed by atoms with Crippen LogP contribution in [0.1, 0.15) is 67.8 Å². The van der Waals surface area contributed by atoms with Crippen molar-refractivity contribution in [1.29, 1.82) is 0 Å². The second-order valence-corrected chi connectivity index (χ2v) is 8.78. The van der Waals surface area contributed by atoms with Gasteiger partial charge in [0.15, 0.2) is 5.82 Å². The smallest absolute Gasteiger partial charge is 0.348 e. The molecule has 192 valence electrons. The van der Waals surface area contributed by atoms with Gasteiger partial charge in [-0.1, -0.05) is 32.8 Å². The summed E-state index contributed by atoms with van der Waals surface area (Å²) in [5, 5.41) is 38.4. The van der Waals surface area contributed by atoms with Crippen LogP contribution in [0, 0.1) is 0 Å². The third-order valence-corrected chi connectivity index (χ3v) is 5.79. The second kappa shape index (κ2) is 12.0. The molecule has 0 aliphatic rings. The number of benzene rings is 2. The van der Waals surface area contributed by atoms with Gasteiger partial charge in [-0.15, -0.1) is 0 Å². The lowest BCUT2D eigenvalue weighted by molar-refractivity contribution is -0.129. The van der Waals surface area contributed by atoms with Gasteiger partial charge in [-0.05, 0) is 48.6 Å². The van der Waals surface area contributed by atoms with Crippen molar-refractivity contribution in [3.63, 3.8) is 0 Å². The number of carbonyl (C=O) groups is 2. The molecule has 11 heteroatoms. The van der Waals surface area contributed by atoms with E-state index in [0.717, 1.165) is 19.3 Å². The molecule has 1 aromatic heterocycles. The molecule has 1 heterocycles. The molecule has 0 unspecified atom stereocenters. The van der Waals surface area contributed by atoms with Gasteiger partial charge in [0.2, 0.25) is 5.91 Å². The molecule has 3 rings (SSSR count). The highest BCUT2D eigenvalue weighted by Gasteiger charge is 2.20. The Bertz CT molecular complexity index is 1280. The van der Waals surface area contributed by atoms with Crippen LogP contribution in [0.3, 0.4) is 0 Å². The Balaban J connectivity index is 1.74. The fourth-order valence-electron chi connectivity index (χ4n) is 3.86. The average Bonchev–Trinajstić information content (AvgIpc) is 3.23. The highest BCUT2D eigenvalue weighted by molar-refractivity contribution is 5.94. The maximum Gasteiger partial charge on any atom is 0.348 e. The number of amides is 2. The summed E-state index contributed by atoms with van der Waals surface area (Å²) in [5.74, 6) is -0.886. The largest absolute Gasteiger partial charge is 0.508 e. The molecule has 0 bridgehead atoms. The topological polar surface area (TPSA) is 170 Å². The molecule has 2 aromatic carbocycles. The van der Waals surface area contributed by atoms with Crippen LogP contribution in [0.5, 0.6) is 11.5 Å². The predicted molar refractivity (Wildman–Crippen MR) is 132 cm³/mol. The number of nitrogens with one attached hydrogen (secondary N) is 3. The number of hydrogen-bond acceptors (Lipinski definition) is 7. The highest BCUT2D eigenvalue weighted by atomic mass is 16.5. The van der Waals surface area contributed by atoms with Crippen molar-refractivity contribution in [2.24, 2.45) is 0 Å². The van der Waals surface area contributed by atoms with Gasteiger partial charge >= 0.3 is 5.69 Å². The lowest BCUT2D eigenvalue weighted by Crippen LogP contribution is -2.25. The maximum absolute atomic E-state index is 12.7. The minimum atomic E-state index is -0.545. The third-order valence-electron chi connectivity index (χ3n) is 5.79. The van der Waals surface area contributed by atoms with Crippen LogP contribution < -0.4 is 16.5 Å². The molecule has 11 nitrogen and oxygen atoms in total. The van der Waals surface area contributed by atoms with E-state index >= 15 is 0 Å². The monoisotopic (exact) mass is 497 g/mol. The highest BCUT2D eigenvalue weighted by Crippen LogP contribution is 2.37. The zero-order valence-electron chi connectivity index (χ0n) is 20.2. The third kappa shape index (κ3) is 6.30. The summed E-state index contributed by atoms with van der Waals surface area (Å²) in [5.41, 5.74) is 2.65. The molecule has 0 atom stereocenters. The summed E-state index contributed by atoms with van der Waals surface area (Å²) in [6, 6.07) is 9.31. The van der Waals surface area contributed by atoms with Gasteiger partial charge < -0.3 is 15.5 Å². The van der Waals surface area contributed by atoms with E-state index in [9.17, 15) is 24.6 Å². The van der Waals surface area contributed by atoms with Crippen molar-refractivity contribution < 1.29 is 25.0 Å². The van der Waals surface area contributed by atoms with Crippen molar-refractivity contribution >= 4 is 11.8 Å². The van der Waals surface area contributed by atoms with Crippen LogP contribution in [0.25, 0.3) is 17.1 Å². The summed E-state index contributed by atoms with van der Waals surface area (Å²) in [4.78, 5) is 36.3. The fourth-order valence-corrected chi connectivity index (χ4v) is 3.86. The zero-order chi connectivity index (χ0) is 26.2. The number of rotatable bonds is 11. The number of aromatic amines is 1. The lowest BCUT2D eigenvalue weighted by Gasteiger charge is -2.13. The lowest BCUT2D eigenvalue weighted by atomic mass is 9.98. The molecule has 36 heavy (non-hydrogen) atoms. The number of phenolic OH excluding ortho intramolecular Hbond substituents is 2. The molecule has 0 saturated carbocycles. The molecule has 0 saturated heterocycles. The minimum absolute atomic E-state index is 0.0319. The summed E-state index contributed by atoms with van der Waals surface area (Å²) in [7, 11) is 0. The van der Waals surface area contributed by atoms with Crippen molar-refractivity contribution in [2.45, 2.75) is 51.9 Å². The van der Waals surface area contributed by atoms with E-state index in [0.29, 0.717) is 29.8 Å². The molecular formula is C25H31N5O6. The summed E-state index contributed by atoms with van der Waals surface area (Å²) in [6.45, 7) is 4.24. The van der Waals surface area contributed by atoms with Gasteiger partial charge in [0.25, 0.3) is 5.91 Å². The van der Waals surface area contributed by atoms with E-state index in [4.69, 9.17) is 5.21 Å². The van der Waals surface area contributed by atoms with Crippen LogP contribution in [0.15, 0.2) is 41.2 Å². The molecule has 2 amide bonds. The molecule has 0 aliphatic heterocycles. The first-order valence-electron chi connectivity index (χ1n) is 11.8. The Kier molecular flexibility index (Phi) is 8.85. The predicted octanol–water partition coefficient (Wildman–Crippen LogP) is 2.95. The number of hydroxylamine groups is 1. The molecule has 0 radical (unpaired) electrons. The van der Waals surface area contributed by atoms with E-state index in [-0.39, 0.29) is 41.1 Å². The Hall–Kier alpha value is -4.12. The van der Waals surface area contributed by atoms with E-state index in [1.54, 1.807) is 35.8 Å². The average molecular weight is 498 g/mol. The number of hydrogen-bond donors (Lipinski definition) is 6. The summed E-state index contributed by atoms with van der Waals surface area (Å²) < 4.78 is 1.26. The maximum atomic E-state index is 12.7. The van der Waals surface area contributed by atoms with Crippen molar-refractivity contribution in [3.05, 3.63) is 58.0 Å². The number of H-pyrrole nitrogens is 1. The van der Waals surface area contributed by atoms with Crippen LogP contribution in [0.2, 0.25) is 0 Å². The molecule has 0 aliphatic carbocycles. The quantitative estimate of drug-likeness (QED) is 0.134. The fraction of sp³-hybridized carbons (Fsp3) is 0.360. The van der Waals surface area contributed by atoms with Crippen LogP contribution in [-0.4, -0.2) is 48.5 Å². The molecule has 0 fully saturated rings. The Morgan fingerprint density at radius 1 is 1.06 bits per heavy atom. The number of carbonyl (C=O) groups excluding carboxylic acids is 2. The van der Waals surface area contributed by atoms with Gasteiger partial charge in [-0.25, -0.2) is 19.9 Å². The van der Waals surface area contributed by atoms with Crippen molar-refractivity contribution in [1.82, 2.24) is 25.6 Å². The second-order valence-electron chi connectivity index (χ2n) is 8.78. The minimum Gasteiger partial charge on any atom is -0.508 e. The number of unbranched alkanes of at least 4 members (excludes halogenated alkanes) is 3. The van der Waals surface area contributed by atoms with E-state index in [2.05, 4.69) is 15.5 Å². The van der Waals surface area contributed by atoms with E-state index < -0.39 is 11.6 Å². The van der Waals surface area contributed by atoms with Gasteiger partial charge in [0.1, 0.15) is 11.5 Å². The van der Waals surface area contributed by atoms with Crippen molar-refractivity contribution in [2.75, 3.05) is 6.54 Å². The van der Waals surface area contributed by atoms with Crippen LogP contribution in [-0.2, 0) is 4.79 Å². The standard InChI is InChI=1S/C25H31N5O6/c1-15(2)18-13-19(21(32)14-20(18)31)23-27-28-25(35)30(23)17-9-7-8-16(12-17)24(34)26-11-6-4-3-5-10-22(33)29-36/h7-9,12-15,31-32,36H,3-6,10-11H2,1-2H3,(H,26,34)(H,28,35)(H,29,33). The Labute approximate surface area is 207 Å². The molecular weight excluding hydrogens is 466 g/mol. The van der Waals surface area contributed by atoms with Gasteiger partial charge in [0, 0.05) is 24.6 Å². The Morgan fingerprint density at radius 3 is 2.53 bits per heavy atom. The number of aromatic nitrogens is 3. The zero-order valence-corrected chi connectivity index (χ0v) is 20.2. The summed E-state index contributed by atoms with van der Waals surface area (Å²) in [6.07, 6.45) is 3.26. The van der Waals surface area contributed by atoms with E-state index in [1.165, 1.54) is 10.6 Å². The van der Waals surface area contributed by atoms with Crippen LogP contribution in [0.4, 0.5) is 0 Å². The normalized spacial score (nSPS) is 11.0. The first kappa shape index (κ1) is 26.5. The number of nitrogens with zero attached hydrogens (tertiary/aromatic N) is 2. The SMILES string of the molecule is CC(C)c1cc(-c2n[nH]c(=O)n2-c2cccc(C(=O)NCCCCCCC(=O)NO)c2)c(O)cc1O. The first-order valence-corrected chi connectivity index (χ1v) is 11.8. The van der Waals surface area contributed by atoms with E-state index in [1.807, 2.05) is 13.8 Å². The molecule has 3 aromatic rings. The number of aromatic hydroxyl groups is 2. The number of phenols is 2. The summed E-state index contributed by atoms with van der Waals surface area (Å²) >= 11 is 0. The van der Waals surface area contributed by atoms with Crippen LogP contribution >= 0.6 is 0 Å². The Morgan fingerprint density at radius 2 is 1.81 bits per heavy atom. The van der Waals surface area contributed by atoms with Crippen molar-refractivity contribution in [3.8, 4) is 28.6 Å². The molecule has 0 spiro atoms. The van der Waals surface area contributed by atoms with Gasteiger partial charge in [-0.2, -0.15) is 5.10 Å². The molecule has 6 N–H and O–H groups in total.